The van der Waals surface area contributed by atoms with Crippen LogP contribution in [0.1, 0.15) is 17.0 Å². The summed E-state index contributed by atoms with van der Waals surface area (Å²) in [5.41, 5.74) is 2.98. The van der Waals surface area contributed by atoms with Crippen molar-refractivity contribution < 1.29 is 9.47 Å². The largest absolute Gasteiger partial charge is 0.497 e. The summed E-state index contributed by atoms with van der Waals surface area (Å²) in [6, 6.07) is 11.8. The zero-order valence-corrected chi connectivity index (χ0v) is 12.1. The van der Waals surface area contributed by atoms with E-state index in [2.05, 4.69) is 16.4 Å². The Kier molecular flexibility index (Phi) is 4.96. The Balaban J connectivity index is 2.04. The first-order valence-electron chi connectivity index (χ1n) is 6.59. The molecule has 0 spiro atoms. The van der Waals surface area contributed by atoms with Gasteiger partial charge in [-0.25, -0.2) is 0 Å². The van der Waals surface area contributed by atoms with Crippen LogP contribution < -0.4 is 14.8 Å². The summed E-state index contributed by atoms with van der Waals surface area (Å²) in [6.45, 7) is 3.20. The molecule has 1 aromatic carbocycles. The number of methoxy groups -OCH3 is 1. The highest BCUT2D eigenvalue weighted by atomic mass is 16.5. The molecule has 0 saturated carbocycles. The molecule has 2 rings (SSSR count). The van der Waals surface area contributed by atoms with Gasteiger partial charge in [0.1, 0.15) is 18.1 Å². The number of aryl methyl sites for hydroxylation is 1. The van der Waals surface area contributed by atoms with Crippen LogP contribution in [-0.2, 0) is 13.2 Å². The number of benzene rings is 1. The van der Waals surface area contributed by atoms with Gasteiger partial charge in [-0.2, -0.15) is 0 Å². The van der Waals surface area contributed by atoms with Crippen molar-refractivity contribution in [2.45, 2.75) is 20.1 Å². The average molecular weight is 272 g/mol. The van der Waals surface area contributed by atoms with E-state index in [0.29, 0.717) is 6.61 Å². The zero-order valence-electron chi connectivity index (χ0n) is 12.1. The lowest BCUT2D eigenvalue weighted by Crippen LogP contribution is -2.05. The molecule has 1 aromatic heterocycles. The van der Waals surface area contributed by atoms with E-state index in [4.69, 9.17) is 9.47 Å². The van der Waals surface area contributed by atoms with Crippen LogP contribution in [0.15, 0.2) is 36.4 Å². The van der Waals surface area contributed by atoms with Gasteiger partial charge in [0.05, 0.1) is 12.8 Å². The Labute approximate surface area is 119 Å². The zero-order chi connectivity index (χ0) is 14.4. The number of hydrogen-bond acceptors (Lipinski definition) is 4. The van der Waals surface area contributed by atoms with Gasteiger partial charge < -0.3 is 14.8 Å². The highest BCUT2D eigenvalue weighted by Crippen LogP contribution is 2.17. The minimum absolute atomic E-state index is 0.432. The predicted molar refractivity (Wildman–Crippen MR) is 79.1 cm³/mol. The number of rotatable bonds is 6. The number of nitrogens with zero attached hydrogens (tertiary/aromatic N) is 1. The van der Waals surface area contributed by atoms with Crippen LogP contribution in [-0.4, -0.2) is 19.1 Å². The van der Waals surface area contributed by atoms with Crippen molar-refractivity contribution in [3.8, 4) is 11.5 Å². The van der Waals surface area contributed by atoms with Crippen molar-refractivity contribution in [3.63, 3.8) is 0 Å². The lowest BCUT2D eigenvalue weighted by atomic mass is 10.2. The van der Waals surface area contributed by atoms with Gasteiger partial charge in [-0.3, -0.25) is 4.98 Å². The number of hydrogen-bond donors (Lipinski definition) is 1. The van der Waals surface area contributed by atoms with Crippen LogP contribution in [0, 0.1) is 6.92 Å². The second kappa shape index (κ2) is 6.91. The molecule has 1 N–H and O–H groups in total. The molecule has 0 aliphatic heterocycles. The van der Waals surface area contributed by atoms with Gasteiger partial charge in [-0.1, -0.05) is 12.1 Å². The molecule has 0 saturated heterocycles. The fourth-order valence-corrected chi connectivity index (χ4v) is 2.00. The molecular weight excluding hydrogens is 252 g/mol. The van der Waals surface area contributed by atoms with E-state index in [9.17, 15) is 0 Å². The lowest BCUT2D eigenvalue weighted by molar-refractivity contribution is 0.299. The molecular formula is C16H20N2O2. The van der Waals surface area contributed by atoms with Crippen molar-refractivity contribution in [3.05, 3.63) is 53.3 Å². The average Bonchev–Trinajstić information content (AvgIpc) is 2.45. The molecule has 0 atom stereocenters. The SMILES string of the molecule is CNCc1cccc(OCc2cc(OC)cc(C)n2)c1. The maximum Gasteiger partial charge on any atom is 0.130 e. The van der Waals surface area contributed by atoms with Crippen LogP contribution in [0.3, 0.4) is 0 Å². The molecule has 106 valence electrons. The van der Waals surface area contributed by atoms with Crippen LogP contribution in [0.5, 0.6) is 11.5 Å². The Morgan fingerprint density at radius 2 is 2.00 bits per heavy atom. The molecule has 0 fully saturated rings. The summed E-state index contributed by atoms with van der Waals surface area (Å²) in [5, 5.41) is 3.12. The predicted octanol–water partition coefficient (Wildman–Crippen LogP) is 2.70. The fourth-order valence-electron chi connectivity index (χ4n) is 2.00. The van der Waals surface area contributed by atoms with Crippen molar-refractivity contribution in [2.75, 3.05) is 14.2 Å². The molecule has 0 radical (unpaired) electrons. The van der Waals surface area contributed by atoms with Gasteiger partial charge >= 0.3 is 0 Å². The third-order valence-corrected chi connectivity index (χ3v) is 2.88. The van der Waals surface area contributed by atoms with Crippen LogP contribution >= 0.6 is 0 Å². The highest BCUT2D eigenvalue weighted by molar-refractivity contribution is 5.30. The Hall–Kier alpha value is -2.07. The molecule has 0 unspecified atom stereocenters. The third-order valence-electron chi connectivity index (χ3n) is 2.88. The van der Waals surface area contributed by atoms with Crippen molar-refractivity contribution in [2.24, 2.45) is 0 Å². The van der Waals surface area contributed by atoms with Crippen LogP contribution in [0.25, 0.3) is 0 Å². The topological polar surface area (TPSA) is 43.4 Å². The van der Waals surface area contributed by atoms with Gasteiger partial charge in [-0.15, -0.1) is 0 Å². The van der Waals surface area contributed by atoms with E-state index in [0.717, 1.165) is 29.4 Å². The molecule has 0 aliphatic carbocycles. The highest BCUT2D eigenvalue weighted by Gasteiger charge is 2.02. The minimum Gasteiger partial charge on any atom is -0.497 e. The molecule has 1 heterocycles. The quantitative estimate of drug-likeness (QED) is 0.878. The van der Waals surface area contributed by atoms with E-state index in [1.165, 1.54) is 5.56 Å². The van der Waals surface area contributed by atoms with Gasteiger partial charge in [0.15, 0.2) is 0 Å². The summed E-state index contributed by atoms with van der Waals surface area (Å²) in [4.78, 5) is 4.44. The second-order valence-corrected chi connectivity index (χ2v) is 4.61. The van der Waals surface area contributed by atoms with E-state index in [1.807, 2.05) is 44.3 Å². The first-order chi connectivity index (χ1) is 9.71. The summed E-state index contributed by atoms with van der Waals surface area (Å²) < 4.78 is 11.0. The smallest absolute Gasteiger partial charge is 0.130 e. The van der Waals surface area contributed by atoms with Crippen LogP contribution in [0.2, 0.25) is 0 Å². The van der Waals surface area contributed by atoms with Crippen molar-refractivity contribution >= 4 is 0 Å². The maximum absolute atomic E-state index is 5.79. The van der Waals surface area contributed by atoms with Crippen LogP contribution in [0.4, 0.5) is 0 Å². The third kappa shape index (κ3) is 3.96. The van der Waals surface area contributed by atoms with E-state index >= 15 is 0 Å². The second-order valence-electron chi connectivity index (χ2n) is 4.61. The van der Waals surface area contributed by atoms with Gasteiger partial charge in [0.25, 0.3) is 0 Å². The standard InChI is InChI=1S/C16H20N2O2/c1-12-7-16(19-3)9-14(18-12)11-20-15-6-4-5-13(8-15)10-17-2/h4-9,17H,10-11H2,1-3H3. The maximum atomic E-state index is 5.79. The molecule has 20 heavy (non-hydrogen) atoms. The van der Waals surface area contributed by atoms with Crippen molar-refractivity contribution in [1.82, 2.24) is 10.3 Å². The molecule has 0 bridgehead atoms. The summed E-state index contributed by atoms with van der Waals surface area (Å²) in [5.74, 6) is 1.65. The molecule has 4 nitrogen and oxygen atoms in total. The number of aromatic nitrogens is 1. The number of nitrogens with one attached hydrogen (secondary N) is 1. The van der Waals surface area contributed by atoms with Gasteiger partial charge in [-0.05, 0) is 31.7 Å². The first-order valence-corrected chi connectivity index (χ1v) is 6.59. The van der Waals surface area contributed by atoms with E-state index < -0.39 is 0 Å². The summed E-state index contributed by atoms with van der Waals surface area (Å²) in [6.07, 6.45) is 0. The molecule has 0 aliphatic rings. The molecule has 0 amide bonds. The normalized spacial score (nSPS) is 10.3. The van der Waals surface area contributed by atoms with Gasteiger partial charge in [0.2, 0.25) is 0 Å². The Morgan fingerprint density at radius 3 is 2.75 bits per heavy atom. The summed E-state index contributed by atoms with van der Waals surface area (Å²) in [7, 11) is 3.58. The lowest BCUT2D eigenvalue weighted by Gasteiger charge is -2.09. The molecule has 4 heteroatoms. The monoisotopic (exact) mass is 272 g/mol. The fraction of sp³-hybridized carbons (Fsp3) is 0.312. The number of pyridine rings is 1. The minimum atomic E-state index is 0.432. The Morgan fingerprint density at radius 1 is 1.15 bits per heavy atom. The van der Waals surface area contributed by atoms with Crippen molar-refractivity contribution in [1.29, 1.82) is 0 Å². The summed E-state index contributed by atoms with van der Waals surface area (Å²) >= 11 is 0. The Bertz CT molecular complexity index is 570. The first kappa shape index (κ1) is 14.3. The van der Waals surface area contributed by atoms with E-state index in [1.54, 1.807) is 7.11 Å². The van der Waals surface area contributed by atoms with E-state index in [-0.39, 0.29) is 0 Å². The molecule has 2 aromatic rings. The van der Waals surface area contributed by atoms with Gasteiger partial charge in [0, 0.05) is 24.4 Å². The number of ether oxygens (including phenoxy) is 2.